The van der Waals surface area contributed by atoms with Crippen molar-refractivity contribution in [2.45, 2.75) is 40.5 Å². The lowest BCUT2D eigenvalue weighted by Crippen LogP contribution is -2.21. The fourth-order valence-electron chi connectivity index (χ4n) is 1.58. The summed E-state index contributed by atoms with van der Waals surface area (Å²) in [5.41, 5.74) is 2.61. The first-order valence-corrected chi connectivity index (χ1v) is 5.46. The molecule has 0 unspecified atom stereocenters. The van der Waals surface area contributed by atoms with Gasteiger partial charge in [0, 0.05) is 18.8 Å². The monoisotopic (exact) mass is 207 g/mol. The average molecular weight is 207 g/mol. The van der Waals surface area contributed by atoms with Crippen LogP contribution >= 0.6 is 0 Å². The van der Waals surface area contributed by atoms with Gasteiger partial charge in [-0.05, 0) is 36.8 Å². The van der Waals surface area contributed by atoms with Crippen LogP contribution in [0.15, 0.2) is 16.9 Å². The van der Waals surface area contributed by atoms with E-state index in [4.69, 9.17) is 0 Å². The summed E-state index contributed by atoms with van der Waals surface area (Å²) in [6.07, 6.45) is 2.07. The topological polar surface area (TPSA) is 22.0 Å². The van der Waals surface area contributed by atoms with Crippen LogP contribution in [0.4, 0.5) is 0 Å². The Bertz CT molecular complexity index is 396. The highest BCUT2D eigenvalue weighted by Crippen LogP contribution is 2.21. The highest BCUT2D eigenvalue weighted by Gasteiger charge is 2.11. The van der Waals surface area contributed by atoms with Gasteiger partial charge in [0.05, 0.1) is 0 Å². The van der Waals surface area contributed by atoms with Gasteiger partial charge in [-0.1, -0.05) is 20.8 Å². The van der Waals surface area contributed by atoms with Gasteiger partial charge >= 0.3 is 0 Å². The first-order chi connectivity index (χ1) is 6.79. The van der Waals surface area contributed by atoms with Crippen molar-refractivity contribution in [1.82, 2.24) is 4.57 Å². The molecule has 0 aliphatic carbocycles. The maximum absolute atomic E-state index is 11.5. The number of aryl methyl sites for hydroxylation is 2. The third-order valence-electron chi connectivity index (χ3n) is 2.64. The second-order valence-corrected chi connectivity index (χ2v) is 5.48. The Balaban J connectivity index is 2.91. The minimum atomic E-state index is 0.0962. The molecule has 0 N–H and O–H groups in total. The van der Waals surface area contributed by atoms with Gasteiger partial charge in [0.2, 0.25) is 0 Å². The maximum Gasteiger partial charge on any atom is 0.250 e. The van der Waals surface area contributed by atoms with E-state index in [0.717, 1.165) is 24.1 Å². The third-order valence-corrected chi connectivity index (χ3v) is 2.64. The standard InChI is InChI=1S/C13H21NO/c1-10-8-11(6-7-13(2,3)4)14(5)12(15)9-10/h8-9H,6-7H2,1-5H3. The Morgan fingerprint density at radius 3 is 2.40 bits per heavy atom. The van der Waals surface area contributed by atoms with Crippen molar-refractivity contribution in [3.05, 3.63) is 33.7 Å². The molecule has 0 bridgehead atoms. The fourth-order valence-corrected chi connectivity index (χ4v) is 1.58. The van der Waals surface area contributed by atoms with Crippen LogP contribution in [0.5, 0.6) is 0 Å². The molecule has 0 aliphatic rings. The zero-order valence-corrected chi connectivity index (χ0v) is 10.4. The third kappa shape index (κ3) is 3.54. The first-order valence-electron chi connectivity index (χ1n) is 5.46. The Morgan fingerprint density at radius 1 is 1.27 bits per heavy atom. The molecule has 0 atom stereocenters. The molecule has 0 aliphatic heterocycles. The van der Waals surface area contributed by atoms with Crippen molar-refractivity contribution in [3.63, 3.8) is 0 Å². The Labute approximate surface area is 91.9 Å². The second kappa shape index (κ2) is 4.21. The Kier molecular flexibility index (Phi) is 3.38. The summed E-state index contributed by atoms with van der Waals surface area (Å²) in [6, 6.07) is 3.79. The van der Waals surface area contributed by atoms with Gasteiger partial charge in [0.1, 0.15) is 0 Å². The van der Waals surface area contributed by atoms with Gasteiger partial charge in [-0.25, -0.2) is 0 Å². The van der Waals surface area contributed by atoms with Gasteiger partial charge in [-0.15, -0.1) is 0 Å². The lowest BCUT2D eigenvalue weighted by atomic mass is 9.89. The molecule has 1 aromatic heterocycles. The Morgan fingerprint density at radius 2 is 1.87 bits per heavy atom. The van der Waals surface area contributed by atoms with E-state index >= 15 is 0 Å². The highest BCUT2D eigenvalue weighted by molar-refractivity contribution is 5.16. The van der Waals surface area contributed by atoms with E-state index in [1.165, 1.54) is 0 Å². The van der Waals surface area contributed by atoms with Crippen LogP contribution in [0.2, 0.25) is 0 Å². The zero-order chi connectivity index (χ0) is 11.6. The molecule has 0 saturated heterocycles. The SMILES string of the molecule is Cc1cc(CCC(C)(C)C)n(C)c(=O)c1. The quantitative estimate of drug-likeness (QED) is 0.730. The van der Waals surface area contributed by atoms with Gasteiger partial charge in [-0.3, -0.25) is 4.79 Å². The van der Waals surface area contributed by atoms with E-state index in [9.17, 15) is 4.79 Å². The van der Waals surface area contributed by atoms with Crippen molar-refractivity contribution in [2.24, 2.45) is 12.5 Å². The normalized spacial score (nSPS) is 11.8. The van der Waals surface area contributed by atoms with E-state index in [0.29, 0.717) is 5.41 Å². The number of aromatic nitrogens is 1. The summed E-state index contributed by atoms with van der Waals surface area (Å²) < 4.78 is 1.75. The second-order valence-electron chi connectivity index (χ2n) is 5.48. The summed E-state index contributed by atoms with van der Waals surface area (Å²) in [5, 5.41) is 0. The molecule has 84 valence electrons. The van der Waals surface area contributed by atoms with Crippen LogP contribution in [0.1, 0.15) is 38.4 Å². The van der Waals surface area contributed by atoms with Crippen LogP contribution in [-0.4, -0.2) is 4.57 Å². The molecule has 0 amide bonds. The molecule has 1 aromatic rings. The molecule has 0 spiro atoms. The smallest absolute Gasteiger partial charge is 0.250 e. The first kappa shape index (κ1) is 12.0. The predicted octanol–water partition coefficient (Wildman–Crippen LogP) is 2.67. The van der Waals surface area contributed by atoms with E-state index in [1.54, 1.807) is 10.6 Å². The van der Waals surface area contributed by atoms with Gasteiger partial charge in [0.25, 0.3) is 5.56 Å². The average Bonchev–Trinajstić information content (AvgIpc) is 2.07. The zero-order valence-electron chi connectivity index (χ0n) is 10.4. The predicted molar refractivity (Wildman–Crippen MR) is 64.2 cm³/mol. The van der Waals surface area contributed by atoms with Crippen LogP contribution in [0.3, 0.4) is 0 Å². The molecule has 1 heterocycles. The molecule has 0 fully saturated rings. The summed E-state index contributed by atoms with van der Waals surface area (Å²) >= 11 is 0. The van der Waals surface area contributed by atoms with Crippen LogP contribution in [-0.2, 0) is 13.5 Å². The number of nitrogens with zero attached hydrogens (tertiary/aromatic N) is 1. The highest BCUT2D eigenvalue weighted by atomic mass is 16.1. The lowest BCUT2D eigenvalue weighted by Gasteiger charge is -2.19. The fraction of sp³-hybridized carbons (Fsp3) is 0.615. The Hall–Kier alpha value is -1.05. The molecular weight excluding hydrogens is 186 g/mol. The molecule has 0 saturated carbocycles. The number of hydrogen-bond acceptors (Lipinski definition) is 1. The number of rotatable bonds is 2. The molecule has 2 nitrogen and oxygen atoms in total. The molecule has 15 heavy (non-hydrogen) atoms. The molecule has 0 aromatic carbocycles. The van der Waals surface area contributed by atoms with Crippen LogP contribution in [0.25, 0.3) is 0 Å². The van der Waals surface area contributed by atoms with Crippen molar-refractivity contribution >= 4 is 0 Å². The lowest BCUT2D eigenvalue weighted by molar-refractivity contribution is 0.374. The largest absolute Gasteiger partial charge is 0.316 e. The van der Waals surface area contributed by atoms with Crippen molar-refractivity contribution in [3.8, 4) is 0 Å². The van der Waals surface area contributed by atoms with Gasteiger partial charge < -0.3 is 4.57 Å². The van der Waals surface area contributed by atoms with Crippen molar-refractivity contribution in [2.75, 3.05) is 0 Å². The summed E-state index contributed by atoms with van der Waals surface area (Å²) in [4.78, 5) is 11.5. The molecule has 1 rings (SSSR count). The summed E-state index contributed by atoms with van der Waals surface area (Å²) in [6.45, 7) is 8.64. The number of hydrogen-bond donors (Lipinski definition) is 0. The summed E-state index contributed by atoms with van der Waals surface area (Å²) in [5.74, 6) is 0. The van der Waals surface area contributed by atoms with Crippen LogP contribution < -0.4 is 5.56 Å². The van der Waals surface area contributed by atoms with Crippen molar-refractivity contribution in [1.29, 1.82) is 0 Å². The molecule has 2 heteroatoms. The number of pyridine rings is 1. The van der Waals surface area contributed by atoms with Crippen LogP contribution in [0, 0.1) is 12.3 Å². The van der Waals surface area contributed by atoms with Gasteiger partial charge in [-0.2, -0.15) is 0 Å². The van der Waals surface area contributed by atoms with Gasteiger partial charge in [0.15, 0.2) is 0 Å². The van der Waals surface area contributed by atoms with Crippen molar-refractivity contribution < 1.29 is 0 Å². The van der Waals surface area contributed by atoms with E-state index in [-0.39, 0.29) is 5.56 Å². The minimum absolute atomic E-state index is 0.0962. The van der Waals surface area contributed by atoms with E-state index in [2.05, 4.69) is 26.8 Å². The molecule has 0 radical (unpaired) electrons. The maximum atomic E-state index is 11.5. The van der Waals surface area contributed by atoms with E-state index < -0.39 is 0 Å². The minimum Gasteiger partial charge on any atom is -0.316 e. The molecular formula is C13H21NO. The van der Waals surface area contributed by atoms with E-state index in [1.807, 2.05) is 14.0 Å². The summed E-state index contributed by atoms with van der Waals surface area (Å²) in [7, 11) is 1.85.